The first-order valence-corrected chi connectivity index (χ1v) is 15.4. The Balaban J connectivity index is 2.00. The Labute approximate surface area is 261 Å². The third-order valence-electron chi connectivity index (χ3n) is 6.41. The van der Waals surface area contributed by atoms with Crippen LogP contribution in [0.25, 0.3) is 11.1 Å². The summed E-state index contributed by atoms with van der Waals surface area (Å²) < 4.78 is 0. The van der Waals surface area contributed by atoms with E-state index in [4.69, 9.17) is 9.68 Å². The van der Waals surface area contributed by atoms with Crippen molar-refractivity contribution in [2.45, 2.75) is 93.3 Å². The molecule has 0 radical (unpaired) electrons. The van der Waals surface area contributed by atoms with Crippen LogP contribution in [0.15, 0.2) is 48.5 Å². The number of nitrogens with one attached hydrogen (secondary N) is 4. The standard InChI is InChI=1S/C34H50N4O6/c1-21(2)17-29(43-37-31(39)19-23(5)6)33(41)35-27-13-9-25(10-14-27)26-11-15-28(16-12-26)36-34(42)30(18-22(3)4)44-38-32(40)20-24(7)8/h9-16,21-24,29-30H,17-20H2,1-8H3,(H,35,41)(H,36,42)(H,37,39)(H,38,40)/t29-,30-/m1/s1. The summed E-state index contributed by atoms with van der Waals surface area (Å²) in [7, 11) is 0. The molecular weight excluding hydrogens is 560 g/mol. The lowest BCUT2D eigenvalue weighted by atomic mass is 10.0. The minimum Gasteiger partial charge on any atom is -0.324 e. The second-order valence-electron chi connectivity index (χ2n) is 12.9. The SMILES string of the molecule is CC(C)CC(=O)NO[C@H](CC(C)C)C(=O)Nc1ccc(-c2ccc(NC(=O)[C@@H](CC(C)C)ONC(=O)CC(C)C)cc2)cc1. The van der Waals surface area contributed by atoms with Crippen LogP contribution in [-0.4, -0.2) is 35.8 Å². The molecule has 0 bridgehead atoms. The van der Waals surface area contributed by atoms with Gasteiger partial charge < -0.3 is 10.6 Å². The molecule has 0 saturated carbocycles. The fraction of sp³-hybridized carbons (Fsp3) is 0.529. The number of carbonyl (C=O) groups is 4. The van der Waals surface area contributed by atoms with Crippen molar-refractivity contribution in [3.63, 3.8) is 0 Å². The van der Waals surface area contributed by atoms with Crippen molar-refractivity contribution >= 4 is 35.0 Å². The van der Waals surface area contributed by atoms with E-state index in [9.17, 15) is 19.2 Å². The summed E-state index contributed by atoms with van der Waals surface area (Å²) in [4.78, 5) is 60.9. The molecule has 4 N–H and O–H groups in total. The van der Waals surface area contributed by atoms with Gasteiger partial charge in [-0.3, -0.25) is 28.9 Å². The van der Waals surface area contributed by atoms with Gasteiger partial charge in [0.25, 0.3) is 11.8 Å². The first-order chi connectivity index (χ1) is 20.7. The van der Waals surface area contributed by atoms with E-state index >= 15 is 0 Å². The van der Waals surface area contributed by atoms with Gasteiger partial charge in [0.15, 0.2) is 12.2 Å². The van der Waals surface area contributed by atoms with Crippen LogP contribution in [0.2, 0.25) is 0 Å². The lowest BCUT2D eigenvalue weighted by molar-refractivity contribution is -0.148. The maximum absolute atomic E-state index is 12.9. The van der Waals surface area contributed by atoms with Crippen molar-refractivity contribution in [2.24, 2.45) is 23.7 Å². The summed E-state index contributed by atoms with van der Waals surface area (Å²) in [6.07, 6.45) is -0.116. The lowest BCUT2D eigenvalue weighted by Crippen LogP contribution is -2.38. The summed E-state index contributed by atoms with van der Waals surface area (Å²) in [5.74, 6) is -0.455. The summed E-state index contributed by atoms with van der Waals surface area (Å²) in [6, 6.07) is 14.7. The highest BCUT2D eigenvalue weighted by Gasteiger charge is 2.24. The molecule has 0 fully saturated rings. The minimum atomic E-state index is -0.824. The van der Waals surface area contributed by atoms with Crippen molar-refractivity contribution in [1.82, 2.24) is 11.0 Å². The van der Waals surface area contributed by atoms with Crippen molar-refractivity contribution in [3.05, 3.63) is 48.5 Å². The molecule has 0 aliphatic heterocycles. The predicted octanol–water partition coefficient (Wildman–Crippen LogP) is 6.25. The second-order valence-corrected chi connectivity index (χ2v) is 12.9. The second kappa shape index (κ2) is 18.1. The van der Waals surface area contributed by atoms with Crippen molar-refractivity contribution < 1.29 is 28.9 Å². The van der Waals surface area contributed by atoms with E-state index in [1.807, 2.05) is 79.7 Å². The van der Waals surface area contributed by atoms with E-state index in [0.717, 1.165) is 11.1 Å². The summed E-state index contributed by atoms with van der Waals surface area (Å²) in [5.41, 5.74) is 7.88. The van der Waals surface area contributed by atoms with Gasteiger partial charge in [0.1, 0.15) is 0 Å². The van der Waals surface area contributed by atoms with Gasteiger partial charge in [0, 0.05) is 24.2 Å². The van der Waals surface area contributed by atoms with Gasteiger partial charge in [-0.2, -0.15) is 0 Å². The number of anilines is 2. The Hall–Kier alpha value is -3.76. The number of hydrogen-bond acceptors (Lipinski definition) is 6. The summed E-state index contributed by atoms with van der Waals surface area (Å²) in [6.45, 7) is 15.7. The molecule has 4 amide bonds. The Kier molecular flexibility index (Phi) is 15.0. The topological polar surface area (TPSA) is 135 Å². The molecule has 0 aromatic heterocycles. The molecule has 2 aromatic rings. The molecule has 0 aliphatic carbocycles. The Morgan fingerprint density at radius 3 is 1.11 bits per heavy atom. The third-order valence-corrected chi connectivity index (χ3v) is 6.41. The van der Waals surface area contributed by atoms with E-state index in [0.29, 0.717) is 37.1 Å². The van der Waals surface area contributed by atoms with Crippen molar-refractivity contribution in [2.75, 3.05) is 10.6 Å². The molecule has 2 aromatic carbocycles. The number of hydroxylamine groups is 2. The van der Waals surface area contributed by atoms with Gasteiger partial charge in [0.2, 0.25) is 11.8 Å². The van der Waals surface area contributed by atoms with Crippen LogP contribution in [0, 0.1) is 23.7 Å². The summed E-state index contributed by atoms with van der Waals surface area (Å²) in [5, 5.41) is 5.74. The van der Waals surface area contributed by atoms with Gasteiger partial charge in [-0.25, -0.2) is 11.0 Å². The average molecular weight is 611 g/mol. The summed E-state index contributed by atoms with van der Waals surface area (Å²) >= 11 is 0. The van der Waals surface area contributed by atoms with E-state index in [1.54, 1.807) is 24.3 Å². The third kappa shape index (κ3) is 13.7. The maximum Gasteiger partial charge on any atom is 0.256 e. The normalized spacial score (nSPS) is 12.7. The van der Waals surface area contributed by atoms with Gasteiger partial charge in [-0.15, -0.1) is 0 Å². The number of rotatable bonds is 17. The fourth-order valence-electron chi connectivity index (χ4n) is 4.31. The number of carbonyl (C=O) groups excluding carboxylic acids is 4. The van der Waals surface area contributed by atoms with Gasteiger partial charge in [0.05, 0.1) is 0 Å². The minimum absolute atomic E-state index is 0.181. The predicted molar refractivity (Wildman–Crippen MR) is 173 cm³/mol. The highest BCUT2D eigenvalue weighted by molar-refractivity contribution is 5.95. The Morgan fingerprint density at radius 2 is 0.841 bits per heavy atom. The largest absolute Gasteiger partial charge is 0.324 e. The molecule has 0 unspecified atom stereocenters. The Morgan fingerprint density at radius 1 is 0.523 bits per heavy atom. The van der Waals surface area contributed by atoms with Crippen LogP contribution in [-0.2, 0) is 28.9 Å². The molecule has 10 heteroatoms. The molecule has 0 spiro atoms. The van der Waals surface area contributed by atoms with E-state index < -0.39 is 12.2 Å². The lowest BCUT2D eigenvalue weighted by Gasteiger charge is -2.20. The molecular formula is C34H50N4O6. The zero-order valence-corrected chi connectivity index (χ0v) is 27.4. The van der Waals surface area contributed by atoms with E-state index in [1.165, 1.54) is 0 Å². The highest BCUT2D eigenvalue weighted by Crippen LogP contribution is 2.24. The van der Waals surface area contributed by atoms with Crippen molar-refractivity contribution in [3.8, 4) is 11.1 Å². The van der Waals surface area contributed by atoms with Crippen LogP contribution < -0.4 is 21.6 Å². The van der Waals surface area contributed by atoms with E-state index in [-0.39, 0.29) is 47.3 Å². The number of benzene rings is 2. The molecule has 0 aliphatic rings. The molecule has 44 heavy (non-hydrogen) atoms. The first kappa shape index (κ1) is 36.4. The zero-order valence-electron chi connectivity index (χ0n) is 27.4. The van der Waals surface area contributed by atoms with Gasteiger partial charge in [-0.1, -0.05) is 79.7 Å². The van der Waals surface area contributed by atoms with Gasteiger partial charge in [-0.05, 0) is 71.9 Å². The molecule has 10 nitrogen and oxygen atoms in total. The quantitative estimate of drug-likeness (QED) is 0.157. The molecule has 0 heterocycles. The number of amides is 4. The smallest absolute Gasteiger partial charge is 0.256 e. The molecule has 2 rings (SSSR count). The van der Waals surface area contributed by atoms with E-state index in [2.05, 4.69) is 21.6 Å². The molecule has 0 saturated heterocycles. The van der Waals surface area contributed by atoms with Crippen LogP contribution in [0.3, 0.4) is 0 Å². The highest BCUT2D eigenvalue weighted by atomic mass is 16.7. The molecule has 242 valence electrons. The van der Waals surface area contributed by atoms with Crippen molar-refractivity contribution in [1.29, 1.82) is 0 Å². The zero-order chi connectivity index (χ0) is 32.8. The van der Waals surface area contributed by atoms with Crippen LogP contribution in [0.5, 0.6) is 0 Å². The van der Waals surface area contributed by atoms with Crippen LogP contribution in [0.1, 0.15) is 81.1 Å². The monoisotopic (exact) mass is 610 g/mol. The van der Waals surface area contributed by atoms with Crippen LogP contribution in [0.4, 0.5) is 11.4 Å². The maximum atomic E-state index is 12.9. The Bertz CT molecular complexity index is 1110. The average Bonchev–Trinajstić information content (AvgIpc) is 2.93. The van der Waals surface area contributed by atoms with Gasteiger partial charge >= 0.3 is 0 Å². The molecule has 2 atom stereocenters. The number of hydrogen-bond donors (Lipinski definition) is 4. The first-order valence-electron chi connectivity index (χ1n) is 15.4. The van der Waals surface area contributed by atoms with Crippen LogP contribution >= 0.6 is 0 Å². The fourth-order valence-corrected chi connectivity index (χ4v) is 4.31.